The Kier molecular flexibility index (Phi) is 9.06. The van der Waals surface area contributed by atoms with Crippen LogP contribution < -0.4 is 89.9 Å². The molecule has 0 spiro atoms. The molecule has 0 radical (unpaired) electrons. The van der Waals surface area contributed by atoms with E-state index < -0.39 is 0 Å². The highest BCUT2D eigenvalue weighted by Crippen LogP contribution is 2.51. The average Bonchev–Trinajstić information content (AvgIpc) is 0.896. The Morgan fingerprint density at radius 2 is 0.639 bits per heavy atom. The van der Waals surface area contributed by atoms with Gasteiger partial charge >= 0.3 is 0 Å². The predicted octanol–water partition coefficient (Wildman–Crippen LogP) is 10.2. The van der Waals surface area contributed by atoms with Gasteiger partial charge in [-0.3, -0.25) is 0 Å². The minimum atomic E-state index is -0.0961. The number of anilines is 12. The van der Waals surface area contributed by atoms with Gasteiger partial charge in [-0.2, -0.15) is 0 Å². The van der Waals surface area contributed by atoms with Crippen molar-refractivity contribution in [2.75, 3.05) is 19.6 Å². The first-order valence-corrected chi connectivity index (χ1v) is 30.4. The molecule has 0 amide bonds. The number of nitrogens with zero attached hydrogens (tertiary/aromatic N) is 4. The standard InChI is InChI=1S/C72H42B4N4OS2/c1-4-20-43(21-5-1)77-54-30-14-11-27-47(54)74-52-38-50-59(41-66(52)82-64-36-18-33-57(77)68(64)74)80-60-42-67-53(75-48-28-12-15-31-55(48)78(44-22-6-2-7-23-44)58-34-19-37-65(83-67)69(58)75)39-51(60)76-49-29-13-17-35-62(49)81-63-40-61-70(72(80)71(63)76)73(50)46-26-10-16-32-56(46)79(61)45-24-8-3-9-25-45/h1-42H. The summed E-state index contributed by atoms with van der Waals surface area (Å²) in [6.45, 7) is -0.129. The number of ether oxygens (including phenoxy) is 1. The minimum Gasteiger partial charge on any atom is -0.458 e. The van der Waals surface area contributed by atoms with E-state index in [0.29, 0.717) is 0 Å². The second-order valence-corrected chi connectivity index (χ2v) is 25.1. The zero-order valence-corrected chi connectivity index (χ0v) is 46.2. The van der Waals surface area contributed by atoms with Crippen molar-refractivity contribution in [1.82, 2.24) is 0 Å². The quantitative estimate of drug-likeness (QED) is 0.162. The fourth-order valence-corrected chi connectivity index (χ4v) is 18.2. The van der Waals surface area contributed by atoms with Crippen LogP contribution in [-0.2, 0) is 0 Å². The monoisotopic (exact) mass is 1090 g/mol. The maximum absolute atomic E-state index is 7.38. The van der Waals surface area contributed by atoms with Gasteiger partial charge in [-0.15, -0.1) is 0 Å². The van der Waals surface area contributed by atoms with E-state index in [0.717, 1.165) is 22.9 Å². The fourth-order valence-electron chi connectivity index (χ4n) is 15.8. The molecule has 11 heteroatoms. The molecule has 12 aromatic rings. The van der Waals surface area contributed by atoms with Crippen LogP contribution in [0.3, 0.4) is 0 Å². The van der Waals surface area contributed by atoms with Gasteiger partial charge in [0, 0.05) is 93.9 Å². The van der Waals surface area contributed by atoms with Crippen molar-refractivity contribution in [3.63, 3.8) is 0 Å². The number of benzene rings is 12. The third-order valence-electron chi connectivity index (χ3n) is 18.9. The molecule has 0 aliphatic carbocycles. The van der Waals surface area contributed by atoms with E-state index >= 15 is 0 Å². The highest BCUT2D eigenvalue weighted by atomic mass is 32.2. The Morgan fingerprint density at radius 1 is 0.241 bits per heavy atom. The lowest BCUT2D eigenvalue weighted by atomic mass is 9.28. The normalized spacial score (nSPS) is 14.8. The predicted molar refractivity (Wildman–Crippen MR) is 351 cm³/mol. The van der Waals surface area contributed by atoms with Gasteiger partial charge in [-0.05, 0) is 152 Å². The molecule has 83 heavy (non-hydrogen) atoms. The molecule has 0 fully saturated rings. The van der Waals surface area contributed by atoms with E-state index in [-0.39, 0.29) is 26.9 Å². The molecule has 0 aromatic heterocycles. The molecule has 0 bridgehead atoms. The zero-order valence-electron chi connectivity index (χ0n) is 44.6. The lowest BCUT2D eigenvalue weighted by Gasteiger charge is -2.50. The molecule has 20 rings (SSSR count). The summed E-state index contributed by atoms with van der Waals surface area (Å²) >= 11 is 3.87. The van der Waals surface area contributed by atoms with Crippen LogP contribution in [0.15, 0.2) is 274 Å². The van der Waals surface area contributed by atoms with Crippen molar-refractivity contribution < 1.29 is 4.74 Å². The molecule has 8 aliphatic heterocycles. The molecule has 0 saturated heterocycles. The number of fused-ring (bicyclic) bond motifs is 18. The molecule has 12 aromatic carbocycles. The van der Waals surface area contributed by atoms with Gasteiger partial charge in [0.05, 0.1) is 0 Å². The van der Waals surface area contributed by atoms with Gasteiger partial charge < -0.3 is 24.3 Å². The maximum atomic E-state index is 7.38. The van der Waals surface area contributed by atoms with Gasteiger partial charge in [-0.25, -0.2) is 0 Å². The largest absolute Gasteiger partial charge is 0.458 e. The summed E-state index contributed by atoms with van der Waals surface area (Å²) < 4.78 is 7.38. The summed E-state index contributed by atoms with van der Waals surface area (Å²) in [7, 11) is 0. The van der Waals surface area contributed by atoms with Crippen molar-refractivity contribution in [1.29, 1.82) is 0 Å². The van der Waals surface area contributed by atoms with Gasteiger partial charge in [0.2, 0.25) is 13.4 Å². The van der Waals surface area contributed by atoms with Gasteiger partial charge in [0.15, 0.2) is 0 Å². The lowest BCUT2D eigenvalue weighted by Crippen LogP contribution is -2.69. The molecular formula is C72H42B4N4OS2. The Bertz CT molecular complexity index is 4850. The van der Waals surface area contributed by atoms with Crippen molar-refractivity contribution in [3.05, 3.63) is 255 Å². The van der Waals surface area contributed by atoms with Crippen LogP contribution in [0.2, 0.25) is 0 Å². The summed E-state index contributed by atoms with van der Waals surface area (Å²) in [5.74, 6) is 1.83. The van der Waals surface area contributed by atoms with Crippen LogP contribution in [-0.4, -0.2) is 26.9 Å². The van der Waals surface area contributed by atoms with Gasteiger partial charge in [-0.1, -0.05) is 186 Å². The van der Waals surface area contributed by atoms with Crippen LogP contribution in [0.5, 0.6) is 11.5 Å². The SMILES string of the molecule is c1ccc(N2c3ccccc3B3c4cc5c(cc4Sc4cccc2c43)N2c3cc4c(cc3B3c6ccccc6N(c6ccccc6)c6cc7c(c2c63)B5c2ccccc2O7)B2c3ccccc3N(c3ccccc3)c3cccc(c32)S4)cc1. The van der Waals surface area contributed by atoms with Crippen LogP contribution in [0.25, 0.3) is 0 Å². The number of hydrogen-bond acceptors (Lipinski definition) is 7. The Labute approximate surface area is 491 Å². The summed E-state index contributed by atoms with van der Waals surface area (Å²) in [6.07, 6.45) is 0. The second kappa shape index (κ2) is 16.6. The number of rotatable bonds is 3. The fraction of sp³-hybridized carbons (Fsp3) is 0. The first-order valence-electron chi connectivity index (χ1n) is 28.8. The molecule has 0 unspecified atom stereocenters. The summed E-state index contributed by atoms with van der Waals surface area (Å²) in [5, 5.41) is 0. The molecular weight excluding hydrogens is 1040 g/mol. The Balaban J connectivity index is 0.877. The summed E-state index contributed by atoms with van der Waals surface area (Å²) in [6, 6.07) is 95.9. The summed E-state index contributed by atoms with van der Waals surface area (Å²) in [4.78, 5) is 15.4. The van der Waals surface area contributed by atoms with Crippen LogP contribution in [0.1, 0.15) is 0 Å². The average molecular weight is 1090 g/mol. The molecule has 8 heterocycles. The lowest BCUT2D eigenvalue weighted by molar-refractivity contribution is 0.488. The van der Waals surface area contributed by atoms with E-state index in [9.17, 15) is 0 Å². The van der Waals surface area contributed by atoms with E-state index in [1.807, 2.05) is 23.5 Å². The van der Waals surface area contributed by atoms with Gasteiger partial charge in [0.25, 0.3) is 13.4 Å². The van der Waals surface area contributed by atoms with E-state index in [1.165, 1.54) is 142 Å². The Hall–Kier alpha value is -9.40. The summed E-state index contributed by atoms with van der Waals surface area (Å²) in [5.41, 5.74) is 30.3. The molecule has 5 nitrogen and oxygen atoms in total. The molecule has 8 aliphatic rings. The van der Waals surface area contributed by atoms with Crippen molar-refractivity contribution in [3.8, 4) is 11.5 Å². The van der Waals surface area contributed by atoms with E-state index in [4.69, 9.17) is 4.74 Å². The molecule has 0 N–H and O–H groups in total. The topological polar surface area (TPSA) is 22.2 Å². The minimum absolute atomic E-state index is 0.0236. The molecule has 380 valence electrons. The van der Waals surface area contributed by atoms with Crippen LogP contribution in [0, 0.1) is 0 Å². The molecule has 0 saturated carbocycles. The zero-order chi connectivity index (χ0) is 53.8. The first-order chi connectivity index (χ1) is 41.2. The number of hydrogen-bond donors (Lipinski definition) is 0. The van der Waals surface area contributed by atoms with E-state index in [2.05, 4.69) is 274 Å². The highest BCUT2D eigenvalue weighted by molar-refractivity contribution is 8.00. The first kappa shape index (κ1) is 45.2. The Morgan fingerprint density at radius 3 is 1.13 bits per heavy atom. The number of para-hydroxylation sites is 7. The third kappa shape index (κ3) is 5.95. The third-order valence-corrected chi connectivity index (χ3v) is 21.2. The maximum Gasteiger partial charge on any atom is 0.256 e. The highest BCUT2D eigenvalue weighted by Gasteiger charge is 2.53. The van der Waals surface area contributed by atoms with Crippen LogP contribution in [0.4, 0.5) is 68.2 Å². The van der Waals surface area contributed by atoms with E-state index in [1.54, 1.807) is 0 Å². The van der Waals surface area contributed by atoms with Crippen molar-refractivity contribution >= 4 is 184 Å². The van der Waals surface area contributed by atoms with Gasteiger partial charge in [0.1, 0.15) is 11.5 Å². The molecule has 0 atom stereocenters. The van der Waals surface area contributed by atoms with Crippen LogP contribution >= 0.6 is 23.5 Å². The van der Waals surface area contributed by atoms with Crippen molar-refractivity contribution in [2.24, 2.45) is 0 Å². The van der Waals surface area contributed by atoms with Crippen molar-refractivity contribution in [2.45, 2.75) is 19.6 Å². The smallest absolute Gasteiger partial charge is 0.256 e. The second-order valence-electron chi connectivity index (χ2n) is 22.9.